The maximum absolute atomic E-state index is 13.7. The lowest BCUT2D eigenvalue weighted by Gasteiger charge is -2.38. The van der Waals surface area contributed by atoms with E-state index in [0.717, 1.165) is 0 Å². The van der Waals surface area contributed by atoms with E-state index in [1.165, 1.54) is 4.90 Å². The number of urea groups is 2. The number of aromatic nitrogens is 1. The molecule has 4 rings (SSSR count). The van der Waals surface area contributed by atoms with E-state index >= 15 is 0 Å². The fourth-order valence-electron chi connectivity index (χ4n) is 4.70. The first kappa shape index (κ1) is 31.2. The van der Waals surface area contributed by atoms with E-state index in [2.05, 4.69) is 21.1 Å². The summed E-state index contributed by atoms with van der Waals surface area (Å²) in [7, 11) is 3.21. The molecule has 1 aliphatic rings. The zero-order valence-electron chi connectivity index (χ0n) is 25.1. The van der Waals surface area contributed by atoms with Crippen LogP contribution in [0.25, 0.3) is 0 Å². The Morgan fingerprint density at radius 2 is 1.81 bits per heavy atom. The van der Waals surface area contributed by atoms with Crippen molar-refractivity contribution < 1.29 is 33.5 Å². The first-order valence-corrected chi connectivity index (χ1v) is 13.9. The van der Waals surface area contributed by atoms with Crippen molar-refractivity contribution in [1.82, 2.24) is 15.0 Å². The third-order valence-corrected chi connectivity index (χ3v) is 7.34. The lowest BCUT2D eigenvalue weighted by atomic mass is 9.99. The van der Waals surface area contributed by atoms with Gasteiger partial charge in [0.2, 0.25) is 0 Å². The van der Waals surface area contributed by atoms with Crippen LogP contribution in [0.2, 0.25) is 0 Å². The molecule has 4 N–H and O–H groups in total. The Bertz CT molecular complexity index is 1440. The van der Waals surface area contributed by atoms with E-state index in [1.54, 1.807) is 82.3 Å². The molecule has 2 heterocycles. The van der Waals surface area contributed by atoms with Gasteiger partial charge in [-0.05, 0) is 63.2 Å². The number of fused-ring (bicyclic) bond motifs is 1. The largest absolute Gasteiger partial charge is 0.497 e. The number of anilines is 3. The number of aliphatic hydroxyl groups excluding tert-OH is 1. The van der Waals surface area contributed by atoms with E-state index in [4.69, 9.17) is 14.0 Å². The van der Waals surface area contributed by atoms with Gasteiger partial charge >= 0.3 is 12.1 Å². The number of hydrogen-bond acceptors (Lipinski definition) is 8. The highest BCUT2D eigenvalue weighted by Gasteiger charge is 2.34. The number of rotatable bonds is 8. The van der Waals surface area contributed by atoms with Gasteiger partial charge in [0.15, 0.2) is 5.76 Å². The van der Waals surface area contributed by atoms with Crippen LogP contribution in [-0.4, -0.2) is 84.0 Å². The van der Waals surface area contributed by atoms with Gasteiger partial charge in [0, 0.05) is 30.9 Å². The van der Waals surface area contributed by atoms with Crippen LogP contribution >= 0.6 is 0 Å². The summed E-state index contributed by atoms with van der Waals surface area (Å²) >= 11 is 0. The van der Waals surface area contributed by atoms with E-state index in [9.17, 15) is 19.5 Å². The molecule has 0 bridgehead atoms. The third-order valence-electron chi connectivity index (χ3n) is 7.34. The second-order valence-electron chi connectivity index (χ2n) is 10.7. The predicted molar refractivity (Wildman–Crippen MR) is 161 cm³/mol. The Kier molecular flexibility index (Phi) is 9.76. The van der Waals surface area contributed by atoms with Crippen molar-refractivity contribution in [3.05, 3.63) is 59.5 Å². The van der Waals surface area contributed by atoms with Gasteiger partial charge in [0.25, 0.3) is 5.91 Å². The van der Waals surface area contributed by atoms with Gasteiger partial charge in [0.1, 0.15) is 29.0 Å². The van der Waals surface area contributed by atoms with E-state index in [1.807, 2.05) is 6.92 Å². The van der Waals surface area contributed by atoms with Crippen molar-refractivity contribution in [3.8, 4) is 11.5 Å². The van der Waals surface area contributed by atoms with E-state index in [-0.39, 0.29) is 43.1 Å². The number of methoxy groups -OCH3 is 1. The minimum atomic E-state index is -0.502. The standard InChI is InChI=1S/C30H38N6O7/c1-17-14-36(18(2)16-37)28(38)24-13-22(32-29(39)31-21-7-10-23(41-6)11-8-21)9-12-25(24)42-26(17)15-35(5)30(40)33-27-19(3)34-43-20(27)4/h7-13,17-18,26,37H,14-16H2,1-6H3,(H,33,40)(H2,31,32,39)/t17-,18-,26+/m0/s1. The lowest BCUT2D eigenvalue weighted by molar-refractivity contribution is 0.0371. The molecule has 230 valence electrons. The van der Waals surface area contributed by atoms with Gasteiger partial charge in [-0.3, -0.25) is 4.79 Å². The number of likely N-dealkylation sites (N-methyl/N-ethyl adjacent to an activating group) is 1. The lowest BCUT2D eigenvalue weighted by Crippen LogP contribution is -2.50. The number of aliphatic hydroxyl groups is 1. The molecule has 0 radical (unpaired) electrons. The summed E-state index contributed by atoms with van der Waals surface area (Å²) in [5, 5.41) is 22.1. The number of amides is 5. The molecule has 0 aliphatic carbocycles. The summed E-state index contributed by atoms with van der Waals surface area (Å²) in [5.74, 6) is 0.919. The number of hydrogen-bond donors (Lipinski definition) is 4. The number of benzene rings is 2. The van der Waals surface area contributed by atoms with Crippen LogP contribution in [0.5, 0.6) is 11.5 Å². The smallest absolute Gasteiger partial charge is 0.323 e. The molecule has 0 saturated carbocycles. The second-order valence-corrected chi connectivity index (χ2v) is 10.7. The Hall–Kier alpha value is -4.78. The summed E-state index contributed by atoms with van der Waals surface area (Å²) < 4.78 is 16.6. The highest BCUT2D eigenvalue weighted by molar-refractivity contribution is 6.02. The van der Waals surface area contributed by atoms with Gasteiger partial charge in [-0.2, -0.15) is 0 Å². The summed E-state index contributed by atoms with van der Waals surface area (Å²) in [6.07, 6.45) is -0.502. The van der Waals surface area contributed by atoms with Gasteiger partial charge in [-0.25, -0.2) is 9.59 Å². The quantitative estimate of drug-likeness (QED) is 0.300. The Morgan fingerprint density at radius 3 is 2.44 bits per heavy atom. The Balaban J connectivity index is 1.54. The Morgan fingerprint density at radius 1 is 1.14 bits per heavy atom. The minimum absolute atomic E-state index is 0.200. The van der Waals surface area contributed by atoms with Gasteiger partial charge in [-0.1, -0.05) is 12.1 Å². The molecular formula is C30H38N6O7. The third kappa shape index (κ3) is 7.36. The maximum atomic E-state index is 13.7. The van der Waals surface area contributed by atoms with Crippen LogP contribution < -0.4 is 25.4 Å². The predicted octanol–water partition coefficient (Wildman–Crippen LogP) is 4.33. The molecule has 0 saturated heterocycles. The molecule has 43 heavy (non-hydrogen) atoms. The SMILES string of the molecule is COc1ccc(NC(=O)Nc2ccc3c(c2)C(=O)N([C@@H](C)CO)C[C@H](C)[C@@H](CN(C)C(=O)Nc2c(C)noc2C)O3)cc1. The van der Waals surface area contributed by atoms with E-state index < -0.39 is 18.2 Å². The topological polar surface area (TPSA) is 158 Å². The molecule has 13 nitrogen and oxygen atoms in total. The number of aryl methyl sites for hydroxylation is 2. The summed E-state index contributed by atoms with van der Waals surface area (Å²) in [5.41, 5.74) is 2.24. The van der Waals surface area contributed by atoms with Crippen LogP contribution in [0.15, 0.2) is 47.0 Å². The molecule has 0 fully saturated rings. The first-order chi connectivity index (χ1) is 20.5. The normalized spacial score (nSPS) is 17.1. The van der Waals surface area contributed by atoms with Crippen molar-refractivity contribution in [3.63, 3.8) is 0 Å². The molecule has 1 aliphatic heterocycles. The van der Waals surface area contributed by atoms with Crippen LogP contribution in [0.3, 0.4) is 0 Å². The molecule has 0 spiro atoms. The molecule has 0 unspecified atom stereocenters. The molecule has 2 aromatic carbocycles. The van der Waals surface area contributed by atoms with Crippen LogP contribution in [0.4, 0.5) is 26.7 Å². The number of nitrogens with one attached hydrogen (secondary N) is 3. The van der Waals surface area contributed by atoms with E-state index in [0.29, 0.717) is 40.0 Å². The summed E-state index contributed by atoms with van der Waals surface area (Å²) in [6.45, 7) is 7.39. The highest BCUT2D eigenvalue weighted by atomic mass is 16.5. The molecule has 1 aromatic heterocycles. The molecule has 3 aromatic rings. The molecule has 3 atom stereocenters. The highest BCUT2D eigenvalue weighted by Crippen LogP contribution is 2.31. The molecule has 13 heteroatoms. The fraction of sp³-hybridized carbons (Fsp3) is 0.400. The fourth-order valence-corrected chi connectivity index (χ4v) is 4.70. The second kappa shape index (κ2) is 13.5. The van der Waals surface area contributed by atoms with Gasteiger partial charge < -0.3 is 44.9 Å². The molecular weight excluding hydrogens is 556 g/mol. The minimum Gasteiger partial charge on any atom is -0.497 e. The van der Waals surface area contributed by atoms with Crippen LogP contribution in [0, 0.1) is 19.8 Å². The summed E-state index contributed by atoms with van der Waals surface area (Å²) in [4.78, 5) is 42.5. The summed E-state index contributed by atoms with van der Waals surface area (Å²) in [6, 6.07) is 10.3. The number of nitrogens with zero attached hydrogens (tertiary/aromatic N) is 3. The van der Waals surface area contributed by atoms with Crippen molar-refractivity contribution in [2.45, 2.75) is 39.8 Å². The van der Waals surface area contributed by atoms with Gasteiger partial charge in [0.05, 0.1) is 31.9 Å². The first-order valence-electron chi connectivity index (χ1n) is 13.9. The number of carbonyl (C=O) groups excluding carboxylic acids is 3. The van der Waals surface area contributed by atoms with Crippen LogP contribution in [-0.2, 0) is 0 Å². The molecule has 5 amide bonds. The zero-order valence-corrected chi connectivity index (χ0v) is 25.1. The van der Waals surface area contributed by atoms with Crippen molar-refractivity contribution in [2.75, 3.05) is 49.8 Å². The maximum Gasteiger partial charge on any atom is 0.323 e. The van der Waals surface area contributed by atoms with Gasteiger partial charge in [-0.15, -0.1) is 0 Å². The monoisotopic (exact) mass is 594 g/mol. The number of carbonyl (C=O) groups is 3. The average molecular weight is 595 g/mol. The van der Waals surface area contributed by atoms with Crippen molar-refractivity contribution >= 4 is 35.0 Å². The zero-order chi connectivity index (χ0) is 31.3. The van der Waals surface area contributed by atoms with Crippen LogP contribution in [0.1, 0.15) is 35.7 Å². The average Bonchev–Trinajstić information content (AvgIpc) is 3.31. The van der Waals surface area contributed by atoms with Crippen molar-refractivity contribution in [2.24, 2.45) is 5.92 Å². The van der Waals surface area contributed by atoms with Crippen molar-refractivity contribution in [1.29, 1.82) is 0 Å². The number of ether oxygens (including phenoxy) is 2. The Labute approximate surface area is 250 Å².